The Morgan fingerprint density at radius 3 is 2.87 bits per heavy atom. The fourth-order valence-corrected chi connectivity index (χ4v) is 1.42. The molecule has 2 aromatic heterocycles. The molecular weight excluding hydrogens is 190 g/mol. The monoisotopic (exact) mass is 201 g/mol. The van der Waals surface area contributed by atoms with Crippen LogP contribution >= 0.6 is 0 Å². The summed E-state index contributed by atoms with van der Waals surface area (Å²) in [6.45, 7) is 1.82. The minimum absolute atomic E-state index is 0.0336. The van der Waals surface area contributed by atoms with Gasteiger partial charge in [-0.1, -0.05) is 0 Å². The average molecular weight is 201 g/mol. The quantitative estimate of drug-likeness (QED) is 0.689. The van der Waals surface area contributed by atoms with Crippen LogP contribution in [-0.2, 0) is 7.05 Å². The van der Waals surface area contributed by atoms with Gasteiger partial charge in [0.25, 0.3) is 0 Å². The number of pyridine rings is 1. The number of carbonyl (C=O) groups excluding carboxylic acids is 1. The Hall–Kier alpha value is -1.97. The average Bonchev–Trinajstić information content (AvgIpc) is 2.65. The maximum absolute atomic E-state index is 12.0. The first-order chi connectivity index (χ1) is 7.18. The Bertz CT molecular complexity index is 502. The number of carbonyl (C=O) groups is 1. The van der Waals surface area contributed by atoms with Gasteiger partial charge < -0.3 is 0 Å². The largest absolute Gasteiger partial charge is 0.288 e. The van der Waals surface area contributed by atoms with E-state index < -0.39 is 0 Å². The SMILES string of the molecule is Cc1ncccc1C(=O)c1cnn(C)c1. The molecule has 15 heavy (non-hydrogen) atoms. The van der Waals surface area contributed by atoms with Gasteiger partial charge in [-0.25, -0.2) is 0 Å². The first-order valence-corrected chi connectivity index (χ1v) is 4.63. The second kappa shape index (κ2) is 3.65. The molecule has 76 valence electrons. The van der Waals surface area contributed by atoms with Crippen molar-refractivity contribution in [2.45, 2.75) is 6.92 Å². The third kappa shape index (κ3) is 1.79. The first kappa shape index (κ1) is 9.58. The van der Waals surface area contributed by atoms with Gasteiger partial charge in [0.15, 0.2) is 5.78 Å². The lowest BCUT2D eigenvalue weighted by atomic mass is 10.1. The van der Waals surface area contributed by atoms with Gasteiger partial charge in [-0.15, -0.1) is 0 Å². The van der Waals surface area contributed by atoms with Gasteiger partial charge in [-0.05, 0) is 19.1 Å². The molecule has 0 spiro atoms. The van der Waals surface area contributed by atoms with Crippen LogP contribution in [0, 0.1) is 6.92 Å². The van der Waals surface area contributed by atoms with E-state index in [4.69, 9.17) is 0 Å². The van der Waals surface area contributed by atoms with Crippen molar-refractivity contribution in [3.63, 3.8) is 0 Å². The Labute approximate surface area is 87.6 Å². The van der Waals surface area contributed by atoms with Gasteiger partial charge in [0, 0.05) is 30.7 Å². The molecule has 2 rings (SSSR count). The minimum Gasteiger partial charge on any atom is -0.288 e. The maximum Gasteiger partial charge on any atom is 0.198 e. The zero-order chi connectivity index (χ0) is 10.8. The molecule has 0 amide bonds. The smallest absolute Gasteiger partial charge is 0.198 e. The van der Waals surface area contributed by atoms with Crippen LogP contribution in [0.2, 0.25) is 0 Å². The molecule has 0 unspecified atom stereocenters. The van der Waals surface area contributed by atoms with Crippen molar-refractivity contribution < 1.29 is 4.79 Å². The van der Waals surface area contributed by atoms with Crippen LogP contribution in [0.5, 0.6) is 0 Å². The number of rotatable bonds is 2. The van der Waals surface area contributed by atoms with E-state index in [1.165, 1.54) is 0 Å². The standard InChI is InChI=1S/C11H11N3O/c1-8-10(4-3-5-12-8)11(15)9-6-13-14(2)7-9/h3-7H,1-2H3. The molecule has 0 radical (unpaired) electrons. The van der Waals surface area contributed by atoms with E-state index in [1.807, 2.05) is 6.92 Å². The summed E-state index contributed by atoms with van der Waals surface area (Å²) in [5.74, 6) is -0.0336. The third-order valence-electron chi connectivity index (χ3n) is 2.22. The van der Waals surface area contributed by atoms with E-state index in [1.54, 1.807) is 42.5 Å². The highest BCUT2D eigenvalue weighted by Gasteiger charge is 2.13. The van der Waals surface area contributed by atoms with Gasteiger partial charge in [-0.2, -0.15) is 5.10 Å². The van der Waals surface area contributed by atoms with Crippen molar-refractivity contribution in [1.29, 1.82) is 0 Å². The summed E-state index contributed by atoms with van der Waals surface area (Å²) < 4.78 is 1.61. The van der Waals surface area contributed by atoms with Crippen molar-refractivity contribution in [2.75, 3.05) is 0 Å². The van der Waals surface area contributed by atoms with Crippen LogP contribution in [0.3, 0.4) is 0 Å². The summed E-state index contributed by atoms with van der Waals surface area (Å²) >= 11 is 0. The number of ketones is 1. The predicted octanol–water partition coefficient (Wildman–Crippen LogP) is 1.35. The molecule has 0 saturated carbocycles. The van der Waals surface area contributed by atoms with Gasteiger partial charge in [0.1, 0.15) is 0 Å². The fourth-order valence-electron chi connectivity index (χ4n) is 1.42. The van der Waals surface area contributed by atoms with Crippen molar-refractivity contribution in [2.24, 2.45) is 7.05 Å². The van der Waals surface area contributed by atoms with E-state index in [9.17, 15) is 4.79 Å². The molecule has 0 saturated heterocycles. The summed E-state index contributed by atoms with van der Waals surface area (Å²) in [6.07, 6.45) is 4.94. The van der Waals surface area contributed by atoms with Crippen LogP contribution in [0.25, 0.3) is 0 Å². The lowest BCUT2D eigenvalue weighted by Crippen LogP contribution is -2.03. The summed E-state index contributed by atoms with van der Waals surface area (Å²) in [7, 11) is 1.78. The highest BCUT2D eigenvalue weighted by Crippen LogP contribution is 2.10. The molecule has 0 fully saturated rings. The maximum atomic E-state index is 12.0. The topological polar surface area (TPSA) is 47.8 Å². The van der Waals surface area contributed by atoms with E-state index in [0.29, 0.717) is 11.1 Å². The number of aryl methyl sites for hydroxylation is 2. The second-order valence-corrected chi connectivity index (χ2v) is 3.37. The Balaban J connectivity index is 2.41. The summed E-state index contributed by atoms with van der Waals surface area (Å²) in [6, 6.07) is 3.54. The Morgan fingerprint density at radius 1 is 1.47 bits per heavy atom. The van der Waals surface area contributed by atoms with Crippen LogP contribution in [0.15, 0.2) is 30.7 Å². The molecule has 0 bridgehead atoms. The highest BCUT2D eigenvalue weighted by atomic mass is 16.1. The zero-order valence-corrected chi connectivity index (χ0v) is 8.64. The van der Waals surface area contributed by atoms with E-state index in [2.05, 4.69) is 10.1 Å². The Morgan fingerprint density at radius 2 is 2.27 bits per heavy atom. The van der Waals surface area contributed by atoms with Gasteiger partial charge in [0.05, 0.1) is 11.8 Å². The number of hydrogen-bond acceptors (Lipinski definition) is 3. The second-order valence-electron chi connectivity index (χ2n) is 3.37. The molecule has 0 aliphatic carbocycles. The van der Waals surface area contributed by atoms with E-state index in [0.717, 1.165) is 5.69 Å². The zero-order valence-electron chi connectivity index (χ0n) is 8.64. The third-order valence-corrected chi connectivity index (χ3v) is 2.22. The molecule has 0 aromatic carbocycles. The normalized spacial score (nSPS) is 10.3. The molecule has 0 aliphatic rings. The van der Waals surface area contributed by atoms with Crippen LogP contribution < -0.4 is 0 Å². The van der Waals surface area contributed by atoms with Crippen molar-refractivity contribution in [3.8, 4) is 0 Å². The van der Waals surface area contributed by atoms with Crippen molar-refractivity contribution >= 4 is 5.78 Å². The van der Waals surface area contributed by atoms with Crippen molar-refractivity contribution in [3.05, 3.63) is 47.5 Å². The highest BCUT2D eigenvalue weighted by molar-refractivity contribution is 6.09. The molecule has 4 nitrogen and oxygen atoms in total. The van der Waals surface area contributed by atoms with E-state index in [-0.39, 0.29) is 5.78 Å². The van der Waals surface area contributed by atoms with Gasteiger partial charge in [-0.3, -0.25) is 14.5 Å². The number of hydrogen-bond donors (Lipinski definition) is 0. The van der Waals surface area contributed by atoms with Gasteiger partial charge in [0.2, 0.25) is 0 Å². The first-order valence-electron chi connectivity index (χ1n) is 4.63. The molecule has 0 N–H and O–H groups in total. The molecule has 4 heteroatoms. The lowest BCUT2D eigenvalue weighted by molar-refractivity contribution is 0.103. The van der Waals surface area contributed by atoms with Gasteiger partial charge >= 0.3 is 0 Å². The van der Waals surface area contributed by atoms with Crippen LogP contribution in [0.4, 0.5) is 0 Å². The Kier molecular flexibility index (Phi) is 2.33. The summed E-state index contributed by atoms with van der Waals surface area (Å²) in [5.41, 5.74) is 1.96. The van der Waals surface area contributed by atoms with E-state index >= 15 is 0 Å². The van der Waals surface area contributed by atoms with Crippen LogP contribution in [0.1, 0.15) is 21.6 Å². The minimum atomic E-state index is -0.0336. The van der Waals surface area contributed by atoms with Crippen molar-refractivity contribution in [1.82, 2.24) is 14.8 Å². The number of aromatic nitrogens is 3. The summed E-state index contributed by atoms with van der Waals surface area (Å²) in [4.78, 5) is 16.1. The van der Waals surface area contributed by atoms with Crippen LogP contribution in [-0.4, -0.2) is 20.5 Å². The predicted molar refractivity (Wildman–Crippen MR) is 55.6 cm³/mol. The molecule has 0 aliphatic heterocycles. The number of nitrogens with zero attached hydrogens (tertiary/aromatic N) is 3. The molecule has 0 atom stereocenters. The molecular formula is C11H11N3O. The molecule has 2 aromatic rings. The fraction of sp³-hybridized carbons (Fsp3) is 0.182. The molecule has 2 heterocycles. The lowest BCUT2D eigenvalue weighted by Gasteiger charge is -2.00. The summed E-state index contributed by atoms with van der Waals surface area (Å²) in [5, 5.41) is 3.97.